The fourth-order valence-electron chi connectivity index (χ4n) is 3.96. The molecule has 0 saturated carbocycles. The maximum absolute atomic E-state index is 12.6. The molecule has 4 aromatic rings. The van der Waals surface area contributed by atoms with Crippen LogP contribution in [0.1, 0.15) is 24.0 Å². The van der Waals surface area contributed by atoms with Crippen LogP contribution >= 0.6 is 0 Å². The summed E-state index contributed by atoms with van der Waals surface area (Å²) in [6.07, 6.45) is 3.82. The number of rotatable bonds is 14. The Labute approximate surface area is 219 Å². The zero-order valence-electron chi connectivity index (χ0n) is 21.1. The molecule has 2 N–H and O–H groups in total. The van der Waals surface area contributed by atoms with Gasteiger partial charge in [0.05, 0.1) is 25.4 Å². The number of hydrogen-bond donors (Lipinski definition) is 2. The van der Waals surface area contributed by atoms with Gasteiger partial charge in [0.25, 0.3) is 0 Å². The first-order chi connectivity index (χ1) is 18.3. The molecule has 0 atom stereocenters. The third-order valence-electron chi connectivity index (χ3n) is 5.90. The van der Waals surface area contributed by atoms with Gasteiger partial charge in [-0.1, -0.05) is 72.8 Å². The fraction of sp³-hybridized carbons (Fsp3) is 0.219. The average molecular weight is 495 g/mol. The predicted molar refractivity (Wildman–Crippen MR) is 151 cm³/mol. The highest BCUT2D eigenvalue weighted by Gasteiger charge is 2.08. The van der Waals surface area contributed by atoms with Crippen molar-refractivity contribution in [3.8, 4) is 11.5 Å². The average Bonchev–Trinajstić information content (AvgIpc) is 2.95. The zero-order chi connectivity index (χ0) is 25.5. The molecule has 0 saturated heterocycles. The molecule has 0 aliphatic carbocycles. The van der Waals surface area contributed by atoms with E-state index in [1.807, 2.05) is 72.8 Å². The van der Waals surface area contributed by atoms with Crippen LogP contribution in [0.15, 0.2) is 109 Å². The van der Waals surface area contributed by atoms with Crippen LogP contribution in [-0.2, 0) is 17.6 Å². The van der Waals surface area contributed by atoms with E-state index in [-0.39, 0.29) is 12.5 Å². The lowest BCUT2D eigenvalue weighted by Gasteiger charge is -2.13. The van der Waals surface area contributed by atoms with Crippen molar-refractivity contribution in [1.29, 1.82) is 0 Å². The van der Waals surface area contributed by atoms with Crippen LogP contribution in [0.2, 0.25) is 0 Å². The van der Waals surface area contributed by atoms with Crippen molar-refractivity contribution in [2.45, 2.75) is 25.7 Å². The van der Waals surface area contributed by atoms with E-state index in [4.69, 9.17) is 9.47 Å². The fourth-order valence-corrected chi connectivity index (χ4v) is 3.96. The quantitative estimate of drug-likeness (QED) is 0.190. The normalized spacial score (nSPS) is 10.5. The summed E-state index contributed by atoms with van der Waals surface area (Å²) >= 11 is 0. The molecule has 5 nitrogen and oxygen atoms in total. The van der Waals surface area contributed by atoms with Crippen LogP contribution < -0.4 is 20.1 Å². The van der Waals surface area contributed by atoms with Gasteiger partial charge in [-0.25, -0.2) is 0 Å². The van der Waals surface area contributed by atoms with Crippen molar-refractivity contribution in [3.05, 3.63) is 120 Å². The van der Waals surface area contributed by atoms with Crippen molar-refractivity contribution in [2.75, 3.05) is 30.4 Å². The van der Waals surface area contributed by atoms with Gasteiger partial charge in [-0.15, -0.1) is 0 Å². The number of nitrogens with one attached hydrogen (secondary N) is 2. The molecule has 0 unspecified atom stereocenters. The summed E-state index contributed by atoms with van der Waals surface area (Å²) in [5.41, 5.74) is 4.15. The van der Waals surface area contributed by atoms with Gasteiger partial charge in [0, 0.05) is 5.69 Å². The molecular weight excluding hydrogens is 460 g/mol. The molecule has 190 valence electrons. The molecule has 0 aliphatic heterocycles. The topological polar surface area (TPSA) is 59.6 Å². The largest absolute Gasteiger partial charge is 0.494 e. The number of ether oxygens (including phenoxy) is 2. The Bertz CT molecular complexity index is 1210. The van der Waals surface area contributed by atoms with E-state index < -0.39 is 0 Å². The summed E-state index contributed by atoms with van der Waals surface area (Å²) in [5.74, 6) is 1.36. The molecule has 37 heavy (non-hydrogen) atoms. The minimum atomic E-state index is -0.137. The van der Waals surface area contributed by atoms with Crippen LogP contribution in [0, 0.1) is 0 Å². The molecule has 0 spiro atoms. The first-order valence-corrected chi connectivity index (χ1v) is 12.8. The summed E-state index contributed by atoms with van der Waals surface area (Å²) in [5, 5.41) is 6.11. The van der Waals surface area contributed by atoms with Crippen molar-refractivity contribution in [3.63, 3.8) is 0 Å². The molecule has 0 aromatic heterocycles. The molecule has 0 aliphatic rings. The maximum atomic E-state index is 12.6. The maximum Gasteiger partial charge on any atom is 0.243 e. The van der Waals surface area contributed by atoms with Crippen LogP contribution in [0.3, 0.4) is 0 Å². The summed E-state index contributed by atoms with van der Waals surface area (Å²) in [7, 11) is 0. The SMILES string of the molecule is O=C(CNc1ccc(OCCCc2ccccc2)cc1)Nc1ccccc1OCCCc1ccccc1. The summed E-state index contributed by atoms with van der Waals surface area (Å²) < 4.78 is 11.8. The summed E-state index contributed by atoms with van der Waals surface area (Å²) in [6.45, 7) is 1.40. The van der Waals surface area contributed by atoms with Gasteiger partial charge >= 0.3 is 0 Å². The molecule has 5 heteroatoms. The molecule has 0 radical (unpaired) electrons. The van der Waals surface area contributed by atoms with E-state index in [9.17, 15) is 4.79 Å². The van der Waals surface area contributed by atoms with Gasteiger partial charge in [0.15, 0.2) is 0 Å². The number of para-hydroxylation sites is 2. The highest BCUT2D eigenvalue weighted by molar-refractivity contribution is 5.95. The number of amides is 1. The first-order valence-electron chi connectivity index (χ1n) is 12.8. The van der Waals surface area contributed by atoms with Crippen molar-refractivity contribution in [1.82, 2.24) is 0 Å². The molecular formula is C32H34N2O3. The standard InChI is InChI=1S/C32H34N2O3/c35-32(34-30-17-7-8-18-31(30)37-24-10-16-27-13-5-2-6-14-27)25-33-28-19-21-29(22-20-28)36-23-9-15-26-11-3-1-4-12-26/h1-8,11-14,17-22,33H,9-10,15-16,23-25H2,(H,34,35). The molecule has 4 rings (SSSR count). The number of aryl methyl sites for hydroxylation is 2. The number of anilines is 2. The van der Waals surface area contributed by atoms with Crippen LogP contribution in [0.5, 0.6) is 11.5 Å². The lowest BCUT2D eigenvalue weighted by Crippen LogP contribution is -2.22. The number of carbonyl (C=O) groups is 1. The highest BCUT2D eigenvalue weighted by Crippen LogP contribution is 2.24. The molecule has 1 amide bonds. The Kier molecular flexibility index (Phi) is 10.0. The first kappa shape index (κ1) is 25.8. The third-order valence-corrected chi connectivity index (χ3v) is 5.90. The second kappa shape index (κ2) is 14.3. The number of carbonyl (C=O) groups excluding carboxylic acids is 1. The Morgan fingerprint density at radius 3 is 1.84 bits per heavy atom. The lowest BCUT2D eigenvalue weighted by molar-refractivity contribution is -0.114. The van der Waals surface area contributed by atoms with E-state index >= 15 is 0 Å². The van der Waals surface area contributed by atoms with E-state index in [1.165, 1.54) is 11.1 Å². The Balaban J connectivity index is 1.16. The number of hydrogen-bond acceptors (Lipinski definition) is 4. The van der Waals surface area contributed by atoms with Crippen molar-refractivity contribution < 1.29 is 14.3 Å². The Hall–Kier alpha value is -4.25. The minimum Gasteiger partial charge on any atom is -0.494 e. The zero-order valence-corrected chi connectivity index (χ0v) is 21.1. The van der Waals surface area contributed by atoms with Gasteiger partial charge in [0.2, 0.25) is 5.91 Å². The molecule has 0 fully saturated rings. The Morgan fingerprint density at radius 1 is 0.622 bits per heavy atom. The van der Waals surface area contributed by atoms with Crippen LogP contribution in [-0.4, -0.2) is 25.7 Å². The summed E-state index contributed by atoms with van der Waals surface area (Å²) in [6, 6.07) is 36.0. The van der Waals surface area contributed by atoms with Crippen molar-refractivity contribution in [2.24, 2.45) is 0 Å². The second-order valence-electron chi connectivity index (χ2n) is 8.80. The van der Waals surface area contributed by atoms with Gasteiger partial charge in [0.1, 0.15) is 11.5 Å². The monoisotopic (exact) mass is 494 g/mol. The van der Waals surface area contributed by atoms with Gasteiger partial charge in [-0.2, -0.15) is 0 Å². The van der Waals surface area contributed by atoms with Crippen LogP contribution in [0.4, 0.5) is 11.4 Å². The van der Waals surface area contributed by atoms with Gasteiger partial charge in [-0.05, 0) is 73.2 Å². The lowest BCUT2D eigenvalue weighted by atomic mass is 10.1. The number of benzene rings is 4. The Morgan fingerprint density at radius 2 is 1.19 bits per heavy atom. The predicted octanol–water partition coefficient (Wildman–Crippen LogP) is 6.76. The highest BCUT2D eigenvalue weighted by atomic mass is 16.5. The van der Waals surface area contributed by atoms with Gasteiger partial charge < -0.3 is 20.1 Å². The molecule has 4 aromatic carbocycles. The minimum absolute atomic E-state index is 0.137. The molecule has 0 bridgehead atoms. The smallest absolute Gasteiger partial charge is 0.243 e. The van der Waals surface area contributed by atoms with Gasteiger partial charge in [-0.3, -0.25) is 4.79 Å². The van der Waals surface area contributed by atoms with E-state index in [0.29, 0.717) is 24.7 Å². The summed E-state index contributed by atoms with van der Waals surface area (Å²) in [4.78, 5) is 12.6. The van der Waals surface area contributed by atoms with E-state index in [2.05, 4.69) is 47.0 Å². The molecule has 0 heterocycles. The van der Waals surface area contributed by atoms with E-state index in [1.54, 1.807) is 0 Å². The van der Waals surface area contributed by atoms with E-state index in [0.717, 1.165) is 37.1 Å². The third kappa shape index (κ3) is 9.04. The van der Waals surface area contributed by atoms with Crippen LogP contribution in [0.25, 0.3) is 0 Å². The van der Waals surface area contributed by atoms with Crippen molar-refractivity contribution >= 4 is 17.3 Å². The second-order valence-corrected chi connectivity index (χ2v) is 8.80.